The van der Waals surface area contributed by atoms with Crippen LogP contribution in [-0.4, -0.2) is 12.8 Å². The Morgan fingerprint density at radius 1 is 1.17 bits per heavy atom. The third-order valence-electron chi connectivity index (χ3n) is 4.27. The normalized spacial score (nSPS) is 26.3. The minimum absolute atomic E-state index is 0.363. The number of hydrogen-bond donors (Lipinski definition) is 1. The molecule has 1 heterocycles. The van der Waals surface area contributed by atoms with Gasteiger partial charge in [0.05, 0.1) is 6.04 Å². The van der Waals surface area contributed by atoms with E-state index in [9.17, 15) is 0 Å². The van der Waals surface area contributed by atoms with E-state index >= 15 is 0 Å². The molecule has 0 radical (unpaired) electrons. The summed E-state index contributed by atoms with van der Waals surface area (Å²) < 4.78 is 10.7. The van der Waals surface area contributed by atoms with Gasteiger partial charge >= 0.3 is 0 Å². The number of benzene rings is 1. The van der Waals surface area contributed by atoms with Crippen LogP contribution in [-0.2, 0) is 6.54 Å². The number of rotatable bonds is 3. The summed E-state index contributed by atoms with van der Waals surface area (Å²) in [4.78, 5) is 0. The van der Waals surface area contributed by atoms with Crippen molar-refractivity contribution >= 4 is 0 Å². The van der Waals surface area contributed by atoms with E-state index in [1.54, 1.807) is 0 Å². The van der Waals surface area contributed by atoms with Crippen LogP contribution < -0.4 is 14.8 Å². The molecule has 2 atom stereocenters. The third kappa shape index (κ3) is 2.46. The summed E-state index contributed by atoms with van der Waals surface area (Å²) in [5, 5.41) is 2.50. The standard InChI is InChI=1S/C15H21NO2/c1-11-4-2-3-5-13(11)16-9-12-6-7-14-15(8-12)18-10-17-14/h6-8,11,13,16H,2-5,9-10H2,1H3/p+1/t11-,13-/m1/s1. The van der Waals surface area contributed by atoms with Crippen molar-refractivity contribution in [1.82, 2.24) is 0 Å². The van der Waals surface area contributed by atoms with E-state index in [-0.39, 0.29) is 0 Å². The smallest absolute Gasteiger partial charge is 0.231 e. The lowest BCUT2D eigenvalue weighted by molar-refractivity contribution is -0.712. The van der Waals surface area contributed by atoms with Crippen molar-refractivity contribution in [3.63, 3.8) is 0 Å². The minimum Gasteiger partial charge on any atom is -0.454 e. The Labute approximate surface area is 108 Å². The summed E-state index contributed by atoms with van der Waals surface area (Å²) in [7, 11) is 0. The van der Waals surface area contributed by atoms with Gasteiger partial charge in [-0.15, -0.1) is 0 Å². The zero-order chi connectivity index (χ0) is 12.4. The molecule has 0 bridgehead atoms. The van der Waals surface area contributed by atoms with E-state index < -0.39 is 0 Å². The topological polar surface area (TPSA) is 35.1 Å². The molecule has 18 heavy (non-hydrogen) atoms. The van der Waals surface area contributed by atoms with Gasteiger partial charge in [-0.3, -0.25) is 0 Å². The lowest BCUT2D eigenvalue weighted by atomic mass is 9.86. The first kappa shape index (κ1) is 11.8. The van der Waals surface area contributed by atoms with Crippen LogP contribution in [0.1, 0.15) is 38.2 Å². The highest BCUT2D eigenvalue weighted by atomic mass is 16.7. The molecule has 2 N–H and O–H groups in total. The predicted octanol–water partition coefficient (Wildman–Crippen LogP) is 2.06. The van der Waals surface area contributed by atoms with Gasteiger partial charge in [-0.1, -0.05) is 13.3 Å². The average molecular weight is 248 g/mol. The molecule has 0 saturated heterocycles. The molecule has 2 aliphatic rings. The van der Waals surface area contributed by atoms with Crippen LogP contribution in [0.4, 0.5) is 0 Å². The highest BCUT2D eigenvalue weighted by Gasteiger charge is 2.24. The maximum Gasteiger partial charge on any atom is 0.231 e. The summed E-state index contributed by atoms with van der Waals surface area (Å²) in [5.41, 5.74) is 1.33. The van der Waals surface area contributed by atoms with Crippen molar-refractivity contribution in [1.29, 1.82) is 0 Å². The molecule has 3 rings (SSSR count). The molecule has 1 aromatic rings. The van der Waals surface area contributed by atoms with Crippen molar-refractivity contribution < 1.29 is 14.8 Å². The molecule has 0 aromatic heterocycles. The first-order valence-corrected chi connectivity index (χ1v) is 7.05. The van der Waals surface area contributed by atoms with E-state index in [0.717, 1.165) is 30.0 Å². The SMILES string of the molecule is C[C@@H]1CCCC[C@H]1[NH2+]Cc1ccc2c(c1)OCO2. The summed E-state index contributed by atoms with van der Waals surface area (Å²) in [6.07, 6.45) is 5.57. The van der Waals surface area contributed by atoms with Crippen LogP contribution in [0.15, 0.2) is 18.2 Å². The van der Waals surface area contributed by atoms with E-state index in [1.165, 1.54) is 31.2 Å². The molecule has 3 heteroatoms. The van der Waals surface area contributed by atoms with Gasteiger partial charge in [0.25, 0.3) is 0 Å². The molecule has 1 aliphatic heterocycles. The number of nitrogens with two attached hydrogens (primary N) is 1. The molecular weight excluding hydrogens is 226 g/mol. The van der Waals surface area contributed by atoms with Gasteiger partial charge in [0.1, 0.15) is 6.54 Å². The highest BCUT2D eigenvalue weighted by molar-refractivity contribution is 5.44. The van der Waals surface area contributed by atoms with Gasteiger partial charge in [-0.05, 0) is 37.5 Å². The molecule has 98 valence electrons. The van der Waals surface area contributed by atoms with Gasteiger partial charge in [-0.25, -0.2) is 0 Å². The minimum atomic E-state index is 0.363. The lowest BCUT2D eigenvalue weighted by Gasteiger charge is -2.26. The van der Waals surface area contributed by atoms with Crippen LogP contribution >= 0.6 is 0 Å². The fourth-order valence-corrected chi connectivity index (χ4v) is 3.05. The predicted molar refractivity (Wildman–Crippen MR) is 69.6 cm³/mol. The van der Waals surface area contributed by atoms with Crippen LogP contribution in [0.5, 0.6) is 11.5 Å². The molecule has 0 unspecified atom stereocenters. The number of fused-ring (bicyclic) bond motifs is 1. The molecule has 1 saturated carbocycles. The lowest BCUT2D eigenvalue weighted by Crippen LogP contribution is -2.90. The van der Waals surface area contributed by atoms with Crippen molar-refractivity contribution in [3.05, 3.63) is 23.8 Å². The Kier molecular flexibility index (Phi) is 3.41. The van der Waals surface area contributed by atoms with Gasteiger partial charge in [0.15, 0.2) is 11.5 Å². The zero-order valence-electron chi connectivity index (χ0n) is 11.0. The van der Waals surface area contributed by atoms with Crippen molar-refractivity contribution in [2.45, 2.75) is 45.2 Å². The number of ether oxygens (including phenoxy) is 2. The first-order valence-electron chi connectivity index (χ1n) is 7.05. The maximum atomic E-state index is 5.42. The second-order valence-corrected chi connectivity index (χ2v) is 5.55. The average Bonchev–Trinajstić information content (AvgIpc) is 2.85. The van der Waals surface area contributed by atoms with E-state index in [4.69, 9.17) is 9.47 Å². The van der Waals surface area contributed by atoms with E-state index in [1.807, 2.05) is 6.07 Å². The van der Waals surface area contributed by atoms with Gasteiger partial charge in [0.2, 0.25) is 6.79 Å². The monoisotopic (exact) mass is 248 g/mol. The maximum absolute atomic E-state index is 5.42. The van der Waals surface area contributed by atoms with Crippen LogP contribution in [0.2, 0.25) is 0 Å². The zero-order valence-corrected chi connectivity index (χ0v) is 11.0. The van der Waals surface area contributed by atoms with Gasteiger partial charge in [0, 0.05) is 11.5 Å². The number of hydrogen-bond acceptors (Lipinski definition) is 2. The van der Waals surface area contributed by atoms with Crippen LogP contribution in [0.25, 0.3) is 0 Å². The van der Waals surface area contributed by atoms with Crippen LogP contribution in [0, 0.1) is 5.92 Å². The molecular formula is C15H22NO2+. The summed E-state index contributed by atoms with van der Waals surface area (Å²) in [6, 6.07) is 7.09. The van der Waals surface area contributed by atoms with Crippen molar-refractivity contribution in [3.8, 4) is 11.5 Å². The van der Waals surface area contributed by atoms with Crippen molar-refractivity contribution in [2.24, 2.45) is 5.92 Å². The Bertz CT molecular complexity index is 419. The molecule has 1 aromatic carbocycles. The molecule has 3 nitrogen and oxygen atoms in total. The fourth-order valence-electron chi connectivity index (χ4n) is 3.05. The summed E-state index contributed by atoms with van der Waals surface area (Å²) >= 11 is 0. The van der Waals surface area contributed by atoms with Gasteiger partial charge in [-0.2, -0.15) is 0 Å². The Morgan fingerprint density at radius 3 is 2.89 bits per heavy atom. The second-order valence-electron chi connectivity index (χ2n) is 5.55. The quantitative estimate of drug-likeness (QED) is 0.888. The number of quaternary nitrogens is 1. The summed E-state index contributed by atoms with van der Waals surface area (Å²) in [6.45, 7) is 3.80. The second kappa shape index (κ2) is 5.19. The van der Waals surface area contributed by atoms with Gasteiger partial charge < -0.3 is 14.8 Å². The molecule has 0 spiro atoms. The first-order chi connectivity index (χ1) is 8.83. The largest absolute Gasteiger partial charge is 0.454 e. The highest BCUT2D eigenvalue weighted by Crippen LogP contribution is 2.32. The van der Waals surface area contributed by atoms with E-state index in [0.29, 0.717) is 6.79 Å². The van der Waals surface area contributed by atoms with E-state index in [2.05, 4.69) is 24.4 Å². The van der Waals surface area contributed by atoms with Crippen LogP contribution in [0.3, 0.4) is 0 Å². The Hall–Kier alpha value is -1.22. The Balaban J connectivity index is 1.59. The molecule has 1 aliphatic carbocycles. The third-order valence-corrected chi connectivity index (χ3v) is 4.27. The van der Waals surface area contributed by atoms with Crippen molar-refractivity contribution in [2.75, 3.05) is 6.79 Å². The molecule has 0 amide bonds. The summed E-state index contributed by atoms with van der Waals surface area (Å²) in [5.74, 6) is 2.63. The Morgan fingerprint density at radius 2 is 2.00 bits per heavy atom. The molecule has 1 fully saturated rings. The fraction of sp³-hybridized carbons (Fsp3) is 0.600.